The van der Waals surface area contributed by atoms with E-state index in [0.717, 1.165) is 13.0 Å². The van der Waals surface area contributed by atoms with E-state index in [2.05, 4.69) is 27.8 Å². The summed E-state index contributed by atoms with van der Waals surface area (Å²) in [6.07, 6.45) is 1.01. The van der Waals surface area contributed by atoms with Gasteiger partial charge in [0.15, 0.2) is 5.69 Å². The van der Waals surface area contributed by atoms with Crippen molar-refractivity contribution < 1.29 is 14.3 Å². The Bertz CT molecular complexity index is 384. The largest absolute Gasteiger partial charge is 0.382 e. The number of amides is 1. The Balaban J connectivity index is 2.25. The lowest BCUT2D eigenvalue weighted by atomic mass is 10.3. The third-order valence-electron chi connectivity index (χ3n) is 2.42. The zero-order valence-corrected chi connectivity index (χ0v) is 12.0. The lowest BCUT2D eigenvalue weighted by molar-refractivity contribution is 0.0691. The van der Waals surface area contributed by atoms with Gasteiger partial charge in [0.1, 0.15) is 5.82 Å². The topological polar surface area (TPSA) is 85.4 Å². The second-order valence-corrected chi connectivity index (χ2v) is 4.09. The van der Waals surface area contributed by atoms with Gasteiger partial charge in [-0.05, 0) is 18.6 Å². The summed E-state index contributed by atoms with van der Waals surface area (Å²) in [7, 11) is 1.61. The van der Waals surface area contributed by atoms with Crippen LogP contribution in [0.5, 0.6) is 0 Å². The molecule has 0 saturated heterocycles. The SMILES string of the molecule is CCCNc1ccc(C(=O)NCCOCCOC)nn1. The average Bonchev–Trinajstić information content (AvgIpc) is 2.49. The summed E-state index contributed by atoms with van der Waals surface area (Å²) in [6, 6.07) is 3.39. The maximum atomic E-state index is 11.7. The second kappa shape index (κ2) is 10.1. The van der Waals surface area contributed by atoms with Gasteiger partial charge in [-0.15, -0.1) is 10.2 Å². The molecule has 0 aliphatic carbocycles. The number of rotatable bonds is 10. The first-order chi connectivity index (χ1) is 9.77. The zero-order valence-electron chi connectivity index (χ0n) is 12.0. The number of methoxy groups -OCH3 is 1. The first-order valence-corrected chi connectivity index (χ1v) is 6.70. The Kier molecular flexibility index (Phi) is 8.25. The molecule has 0 aromatic carbocycles. The highest BCUT2D eigenvalue weighted by atomic mass is 16.5. The minimum Gasteiger partial charge on any atom is -0.382 e. The molecule has 1 amide bonds. The molecule has 20 heavy (non-hydrogen) atoms. The fraction of sp³-hybridized carbons (Fsp3) is 0.615. The van der Waals surface area contributed by atoms with Crippen molar-refractivity contribution in [2.75, 3.05) is 45.3 Å². The van der Waals surface area contributed by atoms with Crippen LogP contribution in [0, 0.1) is 0 Å². The third-order valence-corrected chi connectivity index (χ3v) is 2.42. The predicted molar refractivity (Wildman–Crippen MR) is 75.8 cm³/mol. The number of carbonyl (C=O) groups excluding carboxylic acids is 1. The molecule has 7 heteroatoms. The third kappa shape index (κ3) is 6.44. The van der Waals surface area contributed by atoms with E-state index in [1.54, 1.807) is 19.2 Å². The molecule has 0 saturated carbocycles. The molecule has 1 aromatic rings. The van der Waals surface area contributed by atoms with Crippen LogP contribution in [0.15, 0.2) is 12.1 Å². The Hall–Kier alpha value is -1.73. The normalized spacial score (nSPS) is 10.3. The van der Waals surface area contributed by atoms with E-state index in [1.807, 2.05) is 0 Å². The van der Waals surface area contributed by atoms with Crippen LogP contribution in [-0.4, -0.2) is 56.1 Å². The maximum Gasteiger partial charge on any atom is 0.271 e. The molecule has 7 nitrogen and oxygen atoms in total. The molecule has 0 aliphatic rings. The molecule has 0 spiro atoms. The van der Waals surface area contributed by atoms with E-state index in [1.165, 1.54) is 0 Å². The number of ether oxygens (including phenoxy) is 2. The molecule has 0 atom stereocenters. The fourth-order valence-corrected chi connectivity index (χ4v) is 1.37. The van der Waals surface area contributed by atoms with Crippen LogP contribution in [0.3, 0.4) is 0 Å². The van der Waals surface area contributed by atoms with Crippen molar-refractivity contribution in [3.05, 3.63) is 17.8 Å². The van der Waals surface area contributed by atoms with Crippen LogP contribution in [0.25, 0.3) is 0 Å². The predicted octanol–water partition coefficient (Wildman–Crippen LogP) is 0.691. The van der Waals surface area contributed by atoms with E-state index in [4.69, 9.17) is 9.47 Å². The molecule has 1 heterocycles. The van der Waals surface area contributed by atoms with Gasteiger partial charge in [-0.1, -0.05) is 6.92 Å². The number of hydrogen-bond acceptors (Lipinski definition) is 6. The Labute approximate surface area is 119 Å². The van der Waals surface area contributed by atoms with E-state index < -0.39 is 0 Å². The van der Waals surface area contributed by atoms with Crippen LogP contribution >= 0.6 is 0 Å². The molecular formula is C13H22N4O3. The van der Waals surface area contributed by atoms with Gasteiger partial charge >= 0.3 is 0 Å². The number of anilines is 1. The summed E-state index contributed by atoms with van der Waals surface area (Å²) < 4.78 is 10.1. The molecule has 1 rings (SSSR count). The molecule has 2 N–H and O–H groups in total. The van der Waals surface area contributed by atoms with Crippen LogP contribution in [0.4, 0.5) is 5.82 Å². The summed E-state index contributed by atoms with van der Waals surface area (Å²) in [5.41, 5.74) is 0.295. The van der Waals surface area contributed by atoms with Crippen LogP contribution in [0.2, 0.25) is 0 Å². The van der Waals surface area contributed by atoms with Gasteiger partial charge in [0.05, 0.1) is 19.8 Å². The van der Waals surface area contributed by atoms with Crippen molar-refractivity contribution in [1.82, 2.24) is 15.5 Å². The lowest BCUT2D eigenvalue weighted by Crippen LogP contribution is -2.28. The van der Waals surface area contributed by atoms with Gasteiger partial charge in [-0.3, -0.25) is 4.79 Å². The summed E-state index contributed by atoms with van der Waals surface area (Å²) in [5, 5.41) is 13.6. The standard InChI is InChI=1S/C13H22N4O3/c1-3-6-14-12-5-4-11(16-17-12)13(18)15-7-8-20-10-9-19-2/h4-5H,3,6-10H2,1-2H3,(H,14,17)(H,15,18). The van der Waals surface area contributed by atoms with Gasteiger partial charge in [0.25, 0.3) is 5.91 Å². The van der Waals surface area contributed by atoms with Gasteiger partial charge in [0, 0.05) is 20.2 Å². The second-order valence-electron chi connectivity index (χ2n) is 4.09. The number of carbonyl (C=O) groups is 1. The van der Waals surface area contributed by atoms with E-state index in [9.17, 15) is 4.79 Å². The van der Waals surface area contributed by atoms with Gasteiger partial charge in [-0.2, -0.15) is 0 Å². The fourth-order valence-electron chi connectivity index (χ4n) is 1.37. The van der Waals surface area contributed by atoms with Crippen molar-refractivity contribution >= 4 is 11.7 Å². The number of nitrogens with one attached hydrogen (secondary N) is 2. The summed E-state index contributed by atoms with van der Waals surface area (Å²) in [4.78, 5) is 11.7. The minimum absolute atomic E-state index is 0.255. The Morgan fingerprint density at radius 3 is 2.70 bits per heavy atom. The van der Waals surface area contributed by atoms with Gasteiger partial charge in [0.2, 0.25) is 0 Å². The average molecular weight is 282 g/mol. The summed E-state index contributed by atoms with van der Waals surface area (Å²) in [5.74, 6) is 0.418. The zero-order chi connectivity index (χ0) is 14.6. The summed E-state index contributed by atoms with van der Waals surface area (Å²) in [6.45, 7) is 4.84. The molecule has 0 unspecified atom stereocenters. The highest BCUT2D eigenvalue weighted by molar-refractivity contribution is 5.92. The summed E-state index contributed by atoms with van der Waals surface area (Å²) >= 11 is 0. The molecular weight excluding hydrogens is 260 g/mol. The number of aromatic nitrogens is 2. The minimum atomic E-state index is -0.255. The van der Waals surface area contributed by atoms with Crippen LogP contribution < -0.4 is 10.6 Å². The van der Waals surface area contributed by atoms with Crippen LogP contribution in [0.1, 0.15) is 23.8 Å². The lowest BCUT2D eigenvalue weighted by Gasteiger charge is -2.06. The molecule has 0 fully saturated rings. The number of nitrogens with zero attached hydrogens (tertiary/aromatic N) is 2. The molecule has 0 bridgehead atoms. The monoisotopic (exact) mass is 282 g/mol. The van der Waals surface area contributed by atoms with Crippen LogP contribution in [-0.2, 0) is 9.47 Å². The van der Waals surface area contributed by atoms with E-state index >= 15 is 0 Å². The molecule has 0 aliphatic heterocycles. The van der Waals surface area contributed by atoms with Crippen molar-refractivity contribution in [1.29, 1.82) is 0 Å². The Morgan fingerprint density at radius 1 is 1.20 bits per heavy atom. The quantitative estimate of drug-likeness (QED) is 0.614. The van der Waals surface area contributed by atoms with E-state index in [-0.39, 0.29) is 5.91 Å². The Morgan fingerprint density at radius 2 is 2.05 bits per heavy atom. The van der Waals surface area contributed by atoms with Crippen molar-refractivity contribution in [2.45, 2.75) is 13.3 Å². The van der Waals surface area contributed by atoms with Gasteiger partial charge in [-0.25, -0.2) is 0 Å². The number of hydrogen-bond donors (Lipinski definition) is 2. The molecule has 0 radical (unpaired) electrons. The molecule has 112 valence electrons. The highest BCUT2D eigenvalue weighted by Gasteiger charge is 2.07. The smallest absolute Gasteiger partial charge is 0.271 e. The van der Waals surface area contributed by atoms with Gasteiger partial charge < -0.3 is 20.1 Å². The van der Waals surface area contributed by atoms with Crippen molar-refractivity contribution in [2.24, 2.45) is 0 Å². The maximum absolute atomic E-state index is 11.7. The highest BCUT2D eigenvalue weighted by Crippen LogP contribution is 2.01. The molecule has 1 aromatic heterocycles. The first kappa shape index (κ1) is 16.3. The van der Waals surface area contributed by atoms with Crippen molar-refractivity contribution in [3.63, 3.8) is 0 Å². The first-order valence-electron chi connectivity index (χ1n) is 6.70. The van der Waals surface area contributed by atoms with E-state index in [0.29, 0.717) is 37.9 Å². The van der Waals surface area contributed by atoms with Crippen molar-refractivity contribution in [3.8, 4) is 0 Å².